The molecule has 0 aromatic heterocycles. The number of amides is 2. The Kier molecular flexibility index (Phi) is 4.48. The van der Waals surface area contributed by atoms with Gasteiger partial charge in [-0.25, -0.2) is 4.79 Å². The van der Waals surface area contributed by atoms with Crippen molar-refractivity contribution < 1.29 is 19.4 Å². The largest absolute Gasteiger partial charge is 0.448 e. The van der Waals surface area contributed by atoms with Gasteiger partial charge in [-0.2, -0.15) is 0 Å². The quantitative estimate of drug-likeness (QED) is 0.702. The van der Waals surface area contributed by atoms with Crippen LogP contribution in [0.2, 0.25) is 0 Å². The van der Waals surface area contributed by atoms with Gasteiger partial charge in [-0.05, 0) is 34.4 Å². The van der Waals surface area contributed by atoms with Crippen LogP contribution in [0.25, 0.3) is 11.1 Å². The van der Waals surface area contributed by atoms with Crippen LogP contribution in [0.15, 0.2) is 72.8 Å². The van der Waals surface area contributed by atoms with Gasteiger partial charge in [0, 0.05) is 5.92 Å². The van der Waals surface area contributed by atoms with Crippen LogP contribution in [-0.4, -0.2) is 36.4 Å². The minimum atomic E-state index is -1.03. The average molecular weight is 400 g/mol. The Balaban J connectivity index is 1.43. The standard InChI is InChI=1S/C24H20N2O4/c27-13-22-23(28)25-20-11-5-6-12-21(20)26(22)24(29)30-14-19-17-9-3-1-7-15(17)16-8-2-4-10-18(16)19/h1-12,19,22,27H,13-14H2,(H,25,28). The maximum Gasteiger partial charge on any atom is 0.415 e. The minimum absolute atomic E-state index is 0.0808. The Bertz CT molecular complexity index is 1100. The normalized spacial score (nSPS) is 17.0. The highest BCUT2D eigenvalue weighted by atomic mass is 16.6. The zero-order valence-corrected chi connectivity index (χ0v) is 16.1. The number of para-hydroxylation sites is 2. The summed E-state index contributed by atoms with van der Waals surface area (Å²) >= 11 is 0. The monoisotopic (exact) mass is 400 g/mol. The summed E-state index contributed by atoms with van der Waals surface area (Å²) in [7, 11) is 0. The summed E-state index contributed by atoms with van der Waals surface area (Å²) < 4.78 is 5.71. The van der Waals surface area contributed by atoms with Gasteiger partial charge in [0.1, 0.15) is 12.6 Å². The van der Waals surface area contributed by atoms with E-state index in [9.17, 15) is 14.7 Å². The van der Waals surface area contributed by atoms with Crippen molar-refractivity contribution in [2.75, 3.05) is 23.4 Å². The van der Waals surface area contributed by atoms with Crippen LogP contribution in [0.3, 0.4) is 0 Å². The maximum atomic E-state index is 13.1. The van der Waals surface area contributed by atoms with Crippen molar-refractivity contribution in [2.45, 2.75) is 12.0 Å². The Morgan fingerprint density at radius 3 is 2.20 bits per heavy atom. The molecule has 1 aliphatic heterocycles. The number of nitrogens with one attached hydrogen (secondary N) is 1. The first-order valence-electron chi connectivity index (χ1n) is 9.84. The molecule has 0 saturated heterocycles. The molecule has 6 nitrogen and oxygen atoms in total. The molecular formula is C24H20N2O4. The maximum absolute atomic E-state index is 13.1. The molecule has 6 heteroatoms. The number of hydrogen-bond donors (Lipinski definition) is 2. The molecule has 2 N–H and O–H groups in total. The first-order valence-corrected chi connectivity index (χ1v) is 9.84. The first kappa shape index (κ1) is 18.4. The van der Waals surface area contributed by atoms with E-state index in [4.69, 9.17) is 4.74 Å². The molecule has 0 saturated carbocycles. The van der Waals surface area contributed by atoms with Crippen molar-refractivity contribution >= 4 is 23.4 Å². The van der Waals surface area contributed by atoms with Crippen molar-refractivity contribution in [1.82, 2.24) is 0 Å². The number of aliphatic hydroxyl groups excluding tert-OH is 1. The van der Waals surface area contributed by atoms with Crippen LogP contribution in [-0.2, 0) is 9.53 Å². The number of rotatable bonds is 3. The molecule has 30 heavy (non-hydrogen) atoms. The van der Waals surface area contributed by atoms with Gasteiger partial charge in [0.15, 0.2) is 0 Å². The van der Waals surface area contributed by atoms with E-state index in [1.54, 1.807) is 24.3 Å². The lowest BCUT2D eigenvalue weighted by atomic mass is 9.98. The van der Waals surface area contributed by atoms with E-state index in [1.165, 1.54) is 4.90 Å². The summed E-state index contributed by atoms with van der Waals surface area (Å²) in [4.78, 5) is 26.7. The molecule has 0 spiro atoms. The summed E-state index contributed by atoms with van der Waals surface area (Å²) in [6, 6.07) is 22.1. The molecule has 1 atom stereocenters. The lowest BCUT2D eigenvalue weighted by Crippen LogP contribution is -2.53. The third kappa shape index (κ3) is 2.84. The van der Waals surface area contributed by atoms with Gasteiger partial charge in [-0.1, -0.05) is 60.7 Å². The molecule has 1 unspecified atom stereocenters. The fourth-order valence-corrected chi connectivity index (χ4v) is 4.34. The summed E-state index contributed by atoms with van der Waals surface area (Å²) in [5.41, 5.74) is 5.54. The van der Waals surface area contributed by atoms with Crippen LogP contribution >= 0.6 is 0 Å². The molecule has 5 rings (SSSR count). The second kappa shape index (κ2) is 7.31. The third-order valence-electron chi connectivity index (χ3n) is 5.74. The number of anilines is 2. The first-order chi connectivity index (χ1) is 14.7. The molecular weight excluding hydrogens is 380 g/mol. The predicted molar refractivity (Wildman–Crippen MR) is 113 cm³/mol. The highest BCUT2D eigenvalue weighted by molar-refractivity contribution is 6.10. The van der Waals surface area contributed by atoms with Gasteiger partial charge >= 0.3 is 6.09 Å². The number of carbonyl (C=O) groups is 2. The molecule has 1 heterocycles. The van der Waals surface area contributed by atoms with Crippen molar-refractivity contribution in [3.8, 4) is 11.1 Å². The fraction of sp³-hybridized carbons (Fsp3) is 0.167. The predicted octanol–water partition coefficient (Wildman–Crippen LogP) is 3.76. The average Bonchev–Trinajstić information content (AvgIpc) is 3.10. The lowest BCUT2D eigenvalue weighted by Gasteiger charge is -2.34. The zero-order chi connectivity index (χ0) is 20.7. The summed E-state index contributed by atoms with van der Waals surface area (Å²) in [6.45, 7) is -0.352. The Morgan fingerprint density at radius 2 is 1.53 bits per heavy atom. The summed E-state index contributed by atoms with van der Waals surface area (Å²) in [5.74, 6) is -0.521. The van der Waals surface area contributed by atoms with E-state index < -0.39 is 24.6 Å². The lowest BCUT2D eigenvalue weighted by molar-refractivity contribution is -0.118. The SMILES string of the molecule is O=C1Nc2ccccc2N(C(=O)OCC2c3ccccc3-c3ccccc32)C1CO. The van der Waals surface area contributed by atoms with Crippen LogP contribution in [0.5, 0.6) is 0 Å². The molecule has 2 amide bonds. The second-order valence-corrected chi connectivity index (χ2v) is 7.38. The molecule has 2 aliphatic rings. The number of benzene rings is 3. The number of carbonyl (C=O) groups excluding carboxylic acids is 2. The molecule has 0 bridgehead atoms. The highest BCUT2D eigenvalue weighted by Gasteiger charge is 2.38. The van der Waals surface area contributed by atoms with Gasteiger partial charge in [0.05, 0.1) is 18.0 Å². The number of fused-ring (bicyclic) bond motifs is 4. The van der Waals surface area contributed by atoms with E-state index in [1.807, 2.05) is 36.4 Å². The summed E-state index contributed by atoms with van der Waals surface area (Å²) in [5, 5.41) is 12.5. The van der Waals surface area contributed by atoms with Gasteiger partial charge in [-0.15, -0.1) is 0 Å². The van der Waals surface area contributed by atoms with Gasteiger partial charge in [0.25, 0.3) is 0 Å². The molecule has 150 valence electrons. The molecule has 0 radical (unpaired) electrons. The number of nitrogens with zero attached hydrogens (tertiary/aromatic N) is 1. The van der Waals surface area contributed by atoms with E-state index >= 15 is 0 Å². The van der Waals surface area contributed by atoms with Gasteiger partial charge in [-0.3, -0.25) is 9.69 Å². The van der Waals surface area contributed by atoms with Crippen molar-refractivity contribution in [3.63, 3.8) is 0 Å². The zero-order valence-electron chi connectivity index (χ0n) is 16.1. The van der Waals surface area contributed by atoms with Crippen molar-refractivity contribution in [1.29, 1.82) is 0 Å². The number of hydrogen-bond acceptors (Lipinski definition) is 4. The van der Waals surface area contributed by atoms with Crippen LogP contribution < -0.4 is 10.2 Å². The second-order valence-electron chi connectivity index (χ2n) is 7.38. The van der Waals surface area contributed by atoms with Gasteiger partial charge < -0.3 is 15.2 Å². The fourth-order valence-electron chi connectivity index (χ4n) is 4.34. The molecule has 0 fully saturated rings. The van der Waals surface area contributed by atoms with Crippen LogP contribution in [0.1, 0.15) is 17.0 Å². The minimum Gasteiger partial charge on any atom is -0.448 e. The van der Waals surface area contributed by atoms with E-state index in [0.717, 1.165) is 22.3 Å². The summed E-state index contributed by atoms with van der Waals surface area (Å²) in [6.07, 6.45) is -0.654. The Labute approximate surface area is 173 Å². The molecule has 3 aromatic carbocycles. The van der Waals surface area contributed by atoms with Crippen molar-refractivity contribution in [3.05, 3.63) is 83.9 Å². The number of ether oxygens (including phenoxy) is 1. The number of aliphatic hydroxyl groups is 1. The Hall–Kier alpha value is -3.64. The molecule has 1 aliphatic carbocycles. The van der Waals surface area contributed by atoms with E-state index in [2.05, 4.69) is 17.4 Å². The van der Waals surface area contributed by atoms with Gasteiger partial charge in [0.2, 0.25) is 5.91 Å². The van der Waals surface area contributed by atoms with Crippen molar-refractivity contribution in [2.24, 2.45) is 0 Å². The highest BCUT2D eigenvalue weighted by Crippen LogP contribution is 2.44. The van der Waals surface area contributed by atoms with E-state index in [0.29, 0.717) is 11.4 Å². The van der Waals surface area contributed by atoms with Crippen LogP contribution in [0, 0.1) is 0 Å². The third-order valence-corrected chi connectivity index (χ3v) is 5.74. The van der Waals surface area contributed by atoms with Crippen LogP contribution in [0.4, 0.5) is 16.2 Å². The smallest absolute Gasteiger partial charge is 0.415 e. The Morgan fingerprint density at radius 1 is 0.933 bits per heavy atom. The molecule has 3 aromatic rings. The van der Waals surface area contributed by atoms with E-state index in [-0.39, 0.29) is 12.5 Å². The topological polar surface area (TPSA) is 78.9 Å².